The number of piperidine rings is 1. The second-order valence-electron chi connectivity index (χ2n) is 13.2. The number of allylic oxidation sites excluding steroid dienone is 3. The molecule has 0 aromatic carbocycles. The molecule has 0 amide bonds. The van der Waals surface area contributed by atoms with E-state index in [0.29, 0.717) is 42.0 Å². The van der Waals surface area contributed by atoms with Crippen molar-refractivity contribution in [1.82, 2.24) is 4.90 Å². The van der Waals surface area contributed by atoms with Gasteiger partial charge in [-0.2, -0.15) is 0 Å². The number of ether oxygens (including phenoxy) is 1. The van der Waals surface area contributed by atoms with Gasteiger partial charge in [-0.15, -0.1) is 0 Å². The van der Waals surface area contributed by atoms with Crippen LogP contribution in [-0.2, 0) is 14.3 Å². The zero-order valence-corrected chi connectivity index (χ0v) is 21.6. The van der Waals surface area contributed by atoms with Crippen LogP contribution in [0.5, 0.6) is 0 Å². The van der Waals surface area contributed by atoms with Gasteiger partial charge in [0, 0.05) is 24.9 Å². The first kappa shape index (κ1) is 23.2. The number of fused-ring (bicyclic) bond motifs is 6. The molecule has 9 atom stereocenters. The fourth-order valence-electron chi connectivity index (χ4n) is 9.81. The second kappa shape index (κ2) is 8.13. The van der Waals surface area contributed by atoms with Crippen molar-refractivity contribution in [3.63, 3.8) is 0 Å². The van der Waals surface area contributed by atoms with E-state index in [1.807, 2.05) is 6.08 Å². The summed E-state index contributed by atoms with van der Waals surface area (Å²) in [6.07, 6.45) is 13.3. The number of aldehydes is 1. The molecule has 4 aliphatic carbocycles. The van der Waals surface area contributed by atoms with Gasteiger partial charge in [0.25, 0.3) is 0 Å². The Morgan fingerprint density at radius 2 is 2.03 bits per heavy atom. The Kier molecular flexibility index (Phi) is 5.54. The Balaban J connectivity index is 1.29. The van der Waals surface area contributed by atoms with Gasteiger partial charge in [-0.25, -0.2) is 0 Å². The van der Waals surface area contributed by atoms with E-state index in [1.54, 1.807) is 11.1 Å². The fraction of sp³-hybridized carbons (Fsp3) is 0.800. The largest absolute Gasteiger partial charge is 0.369 e. The lowest BCUT2D eigenvalue weighted by Crippen LogP contribution is -2.52. The first-order chi connectivity index (χ1) is 16.3. The van der Waals surface area contributed by atoms with Crippen molar-refractivity contribution >= 4 is 12.1 Å². The predicted octanol–water partition coefficient (Wildman–Crippen LogP) is 5.51. The summed E-state index contributed by atoms with van der Waals surface area (Å²) in [7, 11) is 0. The van der Waals surface area contributed by atoms with Crippen LogP contribution in [0.15, 0.2) is 22.8 Å². The normalized spacial score (nSPS) is 48.6. The highest BCUT2D eigenvalue weighted by molar-refractivity contribution is 5.91. The van der Waals surface area contributed by atoms with E-state index >= 15 is 0 Å². The van der Waals surface area contributed by atoms with Crippen molar-refractivity contribution in [2.24, 2.45) is 35.0 Å². The van der Waals surface area contributed by atoms with Gasteiger partial charge in [-0.05, 0) is 93.5 Å². The summed E-state index contributed by atoms with van der Waals surface area (Å²) in [6, 6.07) is 0.381. The lowest BCUT2D eigenvalue weighted by molar-refractivity contribution is -0.116. The van der Waals surface area contributed by atoms with Gasteiger partial charge in [0.2, 0.25) is 0 Å². The Bertz CT molecular complexity index is 951. The summed E-state index contributed by atoms with van der Waals surface area (Å²) in [4.78, 5) is 26.0. The minimum atomic E-state index is -0.0711. The molecular formula is C30H43NO3. The summed E-state index contributed by atoms with van der Waals surface area (Å²) < 4.78 is 7.08. The van der Waals surface area contributed by atoms with E-state index in [-0.39, 0.29) is 17.1 Å². The third kappa shape index (κ3) is 3.30. The first-order valence-electron chi connectivity index (χ1n) is 14.0. The number of nitrogens with zero attached hydrogens (tertiary/aromatic N) is 1. The lowest BCUT2D eigenvalue weighted by atomic mass is 9.56. The topological polar surface area (TPSA) is 46.6 Å². The zero-order chi connectivity index (χ0) is 23.8. The summed E-state index contributed by atoms with van der Waals surface area (Å²) in [5, 5.41) is 0. The molecule has 6 aliphatic rings. The number of likely N-dealkylation sites (tertiary alicyclic amines) is 1. The Morgan fingerprint density at radius 3 is 2.82 bits per heavy atom. The van der Waals surface area contributed by atoms with Crippen LogP contribution in [0, 0.1) is 35.0 Å². The number of hydrogen-bond donors (Lipinski definition) is 0. The molecule has 186 valence electrons. The van der Waals surface area contributed by atoms with Gasteiger partial charge < -0.3 is 9.53 Å². The fourth-order valence-corrected chi connectivity index (χ4v) is 9.81. The van der Waals surface area contributed by atoms with Crippen molar-refractivity contribution in [1.29, 1.82) is 0 Å². The Labute approximate surface area is 205 Å². The van der Waals surface area contributed by atoms with E-state index < -0.39 is 0 Å². The van der Waals surface area contributed by atoms with E-state index in [1.165, 1.54) is 24.8 Å². The standard InChI is InChI=1S/C30H43NO3/c1-18-13-27-28(31(17-18)11-12-32)20(3)30(34-27)10-8-23-24-6-5-21-14-22(33)7-9-29(21,4)26(24)15-25(23)19(2)16-30/h12,14,18,20,23-24,26-28H,5-11,13,15-17H2,1-4H3/t18-,20+,23-,24-,26-,27+,28-,29-,30-/m0/s1. The third-order valence-corrected chi connectivity index (χ3v) is 11.5. The molecule has 2 aliphatic heterocycles. The van der Waals surface area contributed by atoms with Gasteiger partial charge in [0.05, 0.1) is 18.2 Å². The maximum Gasteiger partial charge on any atom is 0.155 e. The van der Waals surface area contributed by atoms with Crippen molar-refractivity contribution in [3.8, 4) is 0 Å². The Morgan fingerprint density at radius 1 is 1.21 bits per heavy atom. The summed E-state index contributed by atoms with van der Waals surface area (Å²) in [5.74, 6) is 3.56. The SMILES string of the molecule is CC1=C2C[C@H]3[C@@H](CCC4=CC(=O)CC[C@@]43C)[C@@H]2CC[C@@]2(C1)O[C@@H]1C[C@H](C)CN(CC=O)[C@H]1[C@H]2C. The van der Waals surface area contributed by atoms with Crippen molar-refractivity contribution in [2.45, 2.75) is 103 Å². The average molecular weight is 466 g/mol. The number of ketones is 1. The van der Waals surface area contributed by atoms with E-state index in [9.17, 15) is 9.59 Å². The van der Waals surface area contributed by atoms with Crippen LogP contribution in [-0.4, -0.2) is 47.8 Å². The molecule has 0 bridgehead atoms. The Hall–Kier alpha value is -1.26. The third-order valence-electron chi connectivity index (χ3n) is 11.5. The molecule has 4 nitrogen and oxygen atoms in total. The van der Waals surface area contributed by atoms with Crippen LogP contribution in [0.4, 0.5) is 0 Å². The highest BCUT2D eigenvalue weighted by Gasteiger charge is 2.59. The molecule has 0 radical (unpaired) electrons. The number of carbonyl (C=O) groups is 2. The number of carbonyl (C=O) groups excluding carboxylic acids is 2. The van der Waals surface area contributed by atoms with Gasteiger partial charge in [-0.3, -0.25) is 9.69 Å². The molecule has 0 N–H and O–H groups in total. The minimum Gasteiger partial charge on any atom is -0.369 e. The molecule has 2 saturated carbocycles. The van der Waals surface area contributed by atoms with Crippen LogP contribution >= 0.6 is 0 Å². The van der Waals surface area contributed by atoms with Crippen LogP contribution in [0.25, 0.3) is 0 Å². The van der Waals surface area contributed by atoms with Crippen LogP contribution in [0.2, 0.25) is 0 Å². The quantitative estimate of drug-likeness (QED) is 0.398. The highest BCUT2D eigenvalue weighted by Crippen LogP contribution is 2.64. The smallest absolute Gasteiger partial charge is 0.155 e. The molecule has 0 aromatic rings. The van der Waals surface area contributed by atoms with Crippen LogP contribution in [0.1, 0.15) is 85.5 Å². The second-order valence-corrected chi connectivity index (χ2v) is 13.2. The minimum absolute atomic E-state index is 0.0711. The van der Waals surface area contributed by atoms with Gasteiger partial charge in [0.1, 0.15) is 6.29 Å². The number of rotatable bonds is 2. The predicted molar refractivity (Wildman–Crippen MR) is 133 cm³/mol. The van der Waals surface area contributed by atoms with Crippen molar-refractivity contribution in [2.75, 3.05) is 13.1 Å². The van der Waals surface area contributed by atoms with Gasteiger partial charge in [0.15, 0.2) is 5.78 Å². The van der Waals surface area contributed by atoms with Crippen molar-refractivity contribution in [3.05, 3.63) is 22.8 Å². The number of hydrogen-bond acceptors (Lipinski definition) is 4. The molecular weight excluding hydrogens is 422 g/mol. The van der Waals surface area contributed by atoms with Crippen molar-refractivity contribution < 1.29 is 14.3 Å². The summed E-state index contributed by atoms with van der Waals surface area (Å²) >= 11 is 0. The van der Waals surface area contributed by atoms with Crippen LogP contribution in [0.3, 0.4) is 0 Å². The summed E-state index contributed by atoms with van der Waals surface area (Å²) in [5.41, 5.74) is 4.95. The van der Waals surface area contributed by atoms with Crippen LogP contribution < -0.4 is 0 Å². The van der Waals surface area contributed by atoms with Gasteiger partial charge in [-0.1, -0.05) is 37.5 Å². The molecule has 1 spiro atoms. The highest BCUT2D eigenvalue weighted by atomic mass is 16.5. The van der Waals surface area contributed by atoms with E-state index in [0.717, 1.165) is 57.3 Å². The lowest BCUT2D eigenvalue weighted by Gasteiger charge is -2.48. The maximum absolute atomic E-state index is 12.1. The first-order valence-corrected chi connectivity index (χ1v) is 14.0. The molecule has 34 heavy (non-hydrogen) atoms. The molecule has 6 rings (SSSR count). The zero-order valence-electron chi connectivity index (χ0n) is 21.6. The average Bonchev–Trinajstić information content (AvgIpc) is 3.25. The van der Waals surface area contributed by atoms with E-state index in [2.05, 4.69) is 32.6 Å². The molecule has 0 aromatic heterocycles. The molecule has 2 heterocycles. The molecule has 0 unspecified atom stereocenters. The van der Waals surface area contributed by atoms with E-state index in [4.69, 9.17) is 4.74 Å². The summed E-state index contributed by atoms with van der Waals surface area (Å²) in [6.45, 7) is 11.2. The molecule has 4 fully saturated rings. The maximum atomic E-state index is 12.1. The molecule has 4 heteroatoms. The molecule has 2 saturated heterocycles. The van der Waals surface area contributed by atoms with Gasteiger partial charge >= 0.3 is 0 Å². The monoisotopic (exact) mass is 465 g/mol.